The van der Waals surface area contributed by atoms with E-state index >= 15 is 0 Å². The number of hydrogen-bond donors (Lipinski definition) is 2. The van der Waals surface area contributed by atoms with E-state index in [0.29, 0.717) is 35.8 Å². The molecular weight excluding hydrogens is 724 g/mol. The first-order chi connectivity index (χ1) is 26.7. The number of amides is 3. The SMILES string of the molecule is Nc1nc2c(=O)c3c(Cl)cccc3oc2cc1Oc1ccc(N2CCN(CC3CCN(c4ccc5c(c4)C(=O)N(C4CCC(=O)NC4=O)C5)CC3)CC2)nc1. The molecule has 3 saturated heterocycles. The highest BCUT2D eigenvalue weighted by Crippen LogP contribution is 2.34. The van der Waals surface area contributed by atoms with Crippen LogP contribution in [0.2, 0.25) is 5.02 Å². The average molecular weight is 763 g/mol. The minimum atomic E-state index is -0.604. The summed E-state index contributed by atoms with van der Waals surface area (Å²) < 4.78 is 11.9. The van der Waals surface area contributed by atoms with Crippen LogP contribution in [0.1, 0.15) is 41.6 Å². The molecule has 4 aliphatic rings. The molecule has 4 aliphatic heterocycles. The minimum absolute atomic E-state index is 0.0527. The molecule has 9 rings (SSSR count). The minimum Gasteiger partial charge on any atom is -0.454 e. The molecule has 15 heteroatoms. The summed E-state index contributed by atoms with van der Waals surface area (Å²) in [6.07, 6.45) is 4.41. The number of aromatic nitrogens is 2. The van der Waals surface area contributed by atoms with Crippen LogP contribution in [0.25, 0.3) is 22.1 Å². The fourth-order valence-electron chi connectivity index (χ4n) is 8.25. The van der Waals surface area contributed by atoms with Crippen molar-refractivity contribution < 1.29 is 23.5 Å². The number of nitrogen functional groups attached to an aromatic ring is 1. The summed E-state index contributed by atoms with van der Waals surface area (Å²) in [7, 11) is 0. The standard InChI is InChI=1S/C40H39ClN8O6/c41-28-2-1-3-30-35(28)37(51)36-31(55-30)19-32(38(42)45-36)54-26-6-8-33(43-20-26)48-16-14-46(15-17-48)21-23-10-12-47(13-11-23)25-5-4-24-22-49(40(53)27(24)18-25)29-7-9-34(50)44-39(29)52/h1-6,8,18-20,23,29H,7,9-17,21-22H2,(H2,42,45)(H,44,50,52). The second-order valence-corrected chi connectivity index (χ2v) is 15.1. The highest BCUT2D eigenvalue weighted by Gasteiger charge is 2.39. The molecule has 0 radical (unpaired) electrons. The number of nitrogens with one attached hydrogen (secondary N) is 1. The number of imide groups is 1. The Labute approximate surface area is 320 Å². The summed E-state index contributed by atoms with van der Waals surface area (Å²) in [5.41, 5.74) is 9.13. The Bertz CT molecular complexity index is 2410. The number of benzene rings is 2. The van der Waals surface area contributed by atoms with Crippen LogP contribution in [0.5, 0.6) is 11.5 Å². The molecule has 3 aromatic heterocycles. The van der Waals surface area contributed by atoms with Gasteiger partial charge in [0.05, 0.1) is 16.6 Å². The number of fused-ring (bicyclic) bond motifs is 3. The Kier molecular flexibility index (Phi) is 9.01. The van der Waals surface area contributed by atoms with Crippen molar-refractivity contribution in [3.63, 3.8) is 0 Å². The predicted octanol–water partition coefficient (Wildman–Crippen LogP) is 4.56. The molecule has 0 saturated carbocycles. The number of piperidine rings is 2. The molecule has 3 N–H and O–H groups in total. The van der Waals surface area contributed by atoms with E-state index in [-0.39, 0.29) is 62.6 Å². The van der Waals surface area contributed by atoms with Crippen LogP contribution >= 0.6 is 11.6 Å². The number of pyridine rings is 2. The molecule has 0 spiro atoms. The van der Waals surface area contributed by atoms with Gasteiger partial charge in [0.1, 0.15) is 23.2 Å². The van der Waals surface area contributed by atoms with Gasteiger partial charge in [0.25, 0.3) is 5.91 Å². The number of hydrogen-bond acceptors (Lipinski definition) is 12. The lowest BCUT2D eigenvalue weighted by Crippen LogP contribution is -2.52. The van der Waals surface area contributed by atoms with Crippen LogP contribution in [0.4, 0.5) is 17.3 Å². The molecule has 3 fully saturated rings. The molecule has 14 nitrogen and oxygen atoms in total. The van der Waals surface area contributed by atoms with E-state index in [0.717, 1.165) is 75.7 Å². The molecule has 282 valence electrons. The zero-order chi connectivity index (χ0) is 37.8. The van der Waals surface area contributed by atoms with Gasteiger partial charge in [0.2, 0.25) is 17.2 Å². The number of rotatable bonds is 7. The largest absolute Gasteiger partial charge is 0.454 e. The normalized spacial score (nSPS) is 19.7. The van der Waals surface area contributed by atoms with Gasteiger partial charge in [-0.25, -0.2) is 9.97 Å². The molecule has 5 aromatic rings. The van der Waals surface area contributed by atoms with Crippen molar-refractivity contribution in [2.75, 3.05) is 61.3 Å². The maximum atomic E-state index is 13.3. The first kappa shape index (κ1) is 35.0. The number of nitrogens with zero attached hydrogens (tertiary/aromatic N) is 6. The highest BCUT2D eigenvalue weighted by atomic mass is 35.5. The van der Waals surface area contributed by atoms with E-state index in [1.807, 2.05) is 24.3 Å². The Morgan fingerprint density at radius 2 is 1.73 bits per heavy atom. The zero-order valence-electron chi connectivity index (χ0n) is 30.0. The van der Waals surface area contributed by atoms with Gasteiger partial charge in [-0.3, -0.25) is 29.4 Å². The fourth-order valence-corrected chi connectivity index (χ4v) is 8.50. The maximum Gasteiger partial charge on any atom is 0.255 e. The second kappa shape index (κ2) is 14.2. The Morgan fingerprint density at radius 3 is 2.49 bits per heavy atom. The van der Waals surface area contributed by atoms with Crippen molar-refractivity contribution in [3.8, 4) is 11.5 Å². The Morgan fingerprint density at radius 1 is 0.909 bits per heavy atom. The summed E-state index contributed by atoms with van der Waals surface area (Å²) in [6, 6.07) is 15.8. The summed E-state index contributed by atoms with van der Waals surface area (Å²) in [5, 5.41) is 2.92. The number of halogens is 1. The number of carbonyl (C=O) groups is 3. The van der Waals surface area contributed by atoms with Crippen LogP contribution in [-0.2, 0) is 16.1 Å². The molecule has 3 amide bonds. The first-order valence-electron chi connectivity index (χ1n) is 18.6. The van der Waals surface area contributed by atoms with Crippen molar-refractivity contribution in [2.45, 2.75) is 38.3 Å². The van der Waals surface area contributed by atoms with Crippen molar-refractivity contribution in [1.29, 1.82) is 0 Å². The zero-order valence-corrected chi connectivity index (χ0v) is 30.8. The van der Waals surface area contributed by atoms with Gasteiger partial charge in [-0.2, -0.15) is 0 Å². The topological polar surface area (TPSA) is 167 Å². The molecule has 1 unspecified atom stereocenters. The molecule has 7 heterocycles. The number of anilines is 3. The molecule has 2 aromatic carbocycles. The van der Waals surface area contributed by atoms with E-state index in [1.54, 1.807) is 35.4 Å². The summed E-state index contributed by atoms with van der Waals surface area (Å²) in [5.74, 6) is 1.44. The van der Waals surface area contributed by atoms with E-state index in [4.69, 9.17) is 26.5 Å². The molecule has 55 heavy (non-hydrogen) atoms. The lowest BCUT2D eigenvalue weighted by Gasteiger charge is -2.39. The van der Waals surface area contributed by atoms with Gasteiger partial charge in [-0.15, -0.1) is 0 Å². The number of carbonyl (C=O) groups excluding carboxylic acids is 3. The third-order valence-electron chi connectivity index (χ3n) is 11.3. The van der Waals surface area contributed by atoms with Crippen molar-refractivity contribution in [2.24, 2.45) is 5.92 Å². The average Bonchev–Trinajstić information content (AvgIpc) is 3.51. The number of piperazine rings is 1. The molecule has 0 aliphatic carbocycles. The van der Waals surface area contributed by atoms with Gasteiger partial charge in [0.15, 0.2) is 22.7 Å². The van der Waals surface area contributed by atoms with Crippen LogP contribution < -0.4 is 31.0 Å². The van der Waals surface area contributed by atoms with Gasteiger partial charge in [-0.05, 0) is 67.1 Å². The number of ether oxygens (including phenoxy) is 1. The van der Waals surface area contributed by atoms with Gasteiger partial charge in [0, 0.05) is 76.1 Å². The Balaban J connectivity index is 0.760. The van der Waals surface area contributed by atoms with Crippen molar-refractivity contribution in [3.05, 3.63) is 87.2 Å². The lowest BCUT2D eigenvalue weighted by atomic mass is 9.95. The fraction of sp³-hybridized carbons (Fsp3) is 0.350. The monoisotopic (exact) mass is 762 g/mol. The molecule has 1 atom stereocenters. The number of nitrogens with two attached hydrogens (primary N) is 1. The summed E-state index contributed by atoms with van der Waals surface area (Å²) in [4.78, 5) is 68.1. The van der Waals surface area contributed by atoms with Crippen molar-refractivity contribution in [1.82, 2.24) is 25.1 Å². The molecular formula is C40H39ClN8O6. The predicted molar refractivity (Wildman–Crippen MR) is 208 cm³/mol. The Hall–Kier alpha value is -5.73. The maximum absolute atomic E-state index is 13.3. The van der Waals surface area contributed by atoms with Crippen LogP contribution in [0.15, 0.2) is 70.0 Å². The van der Waals surface area contributed by atoms with Crippen molar-refractivity contribution >= 4 is 68.7 Å². The van der Waals surface area contributed by atoms with E-state index in [1.165, 1.54) is 0 Å². The van der Waals surface area contributed by atoms with Gasteiger partial charge in [-0.1, -0.05) is 23.7 Å². The second-order valence-electron chi connectivity index (χ2n) is 14.7. The molecule has 0 bridgehead atoms. The van der Waals surface area contributed by atoms with Gasteiger partial charge >= 0.3 is 0 Å². The van der Waals surface area contributed by atoms with Crippen LogP contribution in [-0.4, -0.2) is 89.3 Å². The highest BCUT2D eigenvalue weighted by molar-refractivity contribution is 6.35. The third kappa shape index (κ3) is 6.69. The summed E-state index contributed by atoms with van der Waals surface area (Å²) >= 11 is 6.24. The van der Waals surface area contributed by atoms with Crippen LogP contribution in [0.3, 0.4) is 0 Å². The van der Waals surface area contributed by atoms with E-state index < -0.39 is 6.04 Å². The van der Waals surface area contributed by atoms with Gasteiger partial charge < -0.3 is 29.6 Å². The van der Waals surface area contributed by atoms with Crippen LogP contribution in [0, 0.1) is 5.92 Å². The quantitative estimate of drug-likeness (QED) is 0.176. The van der Waals surface area contributed by atoms with E-state index in [9.17, 15) is 19.2 Å². The summed E-state index contributed by atoms with van der Waals surface area (Å²) in [6.45, 7) is 6.91. The van der Waals surface area contributed by atoms with E-state index in [2.05, 4.69) is 36.1 Å². The third-order valence-corrected chi connectivity index (χ3v) is 11.6. The lowest BCUT2D eigenvalue weighted by molar-refractivity contribution is -0.136. The first-order valence-corrected chi connectivity index (χ1v) is 19.0. The smallest absolute Gasteiger partial charge is 0.255 e.